The van der Waals surface area contributed by atoms with Gasteiger partial charge in [-0.05, 0) is 25.0 Å². The summed E-state index contributed by atoms with van der Waals surface area (Å²) in [7, 11) is 0. The van der Waals surface area contributed by atoms with Crippen molar-refractivity contribution >= 4 is 11.9 Å². The van der Waals surface area contributed by atoms with E-state index in [1.807, 2.05) is 0 Å². The van der Waals surface area contributed by atoms with Gasteiger partial charge in [0.1, 0.15) is 5.76 Å². The topological polar surface area (TPSA) is 106 Å². The number of carboxylic acid groups (broad SMARTS) is 1. The molecule has 1 amide bonds. The fraction of sp³-hybridized carbons (Fsp3) is 0.538. The van der Waals surface area contributed by atoms with Crippen LogP contribution in [-0.2, 0) is 11.3 Å². The SMILES string of the molecule is NC1(C(=O)NCc2ccc(C(=O)O)o2)CCCCC1. The van der Waals surface area contributed by atoms with Gasteiger partial charge in [0, 0.05) is 0 Å². The third-order valence-corrected chi connectivity index (χ3v) is 3.49. The molecule has 1 aliphatic carbocycles. The molecule has 0 aliphatic heterocycles. The summed E-state index contributed by atoms with van der Waals surface area (Å²) < 4.78 is 5.06. The second kappa shape index (κ2) is 5.44. The molecule has 1 aromatic rings. The van der Waals surface area contributed by atoms with Crippen LogP contribution in [0.4, 0.5) is 0 Å². The molecule has 19 heavy (non-hydrogen) atoms. The van der Waals surface area contributed by atoms with Crippen LogP contribution in [0.2, 0.25) is 0 Å². The highest BCUT2D eigenvalue weighted by Crippen LogP contribution is 2.26. The fourth-order valence-electron chi connectivity index (χ4n) is 2.34. The monoisotopic (exact) mass is 266 g/mol. The first-order chi connectivity index (χ1) is 9.01. The van der Waals surface area contributed by atoms with E-state index < -0.39 is 11.5 Å². The molecular weight excluding hydrogens is 248 g/mol. The number of rotatable bonds is 4. The number of hydrogen-bond donors (Lipinski definition) is 3. The van der Waals surface area contributed by atoms with Gasteiger partial charge < -0.3 is 20.6 Å². The second-order valence-electron chi connectivity index (χ2n) is 4.97. The maximum atomic E-state index is 12.0. The number of aromatic carboxylic acids is 1. The summed E-state index contributed by atoms with van der Waals surface area (Å²) >= 11 is 0. The lowest BCUT2D eigenvalue weighted by Gasteiger charge is -2.31. The molecule has 1 aromatic heterocycles. The minimum absolute atomic E-state index is 0.135. The maximum absolute atomic E-state index is 12.0. The first kappa shape index (κ1) is 13.6. The maximum Gasteiger partial charge on any atom is 0.371 e. The Morgan fingerprint density at radius 3 is 2.58 bits per heavy atom. The molecule has 0 unspecified atom stereocenters. The molecule has 1 saturated carbocycles. The third-order valence-electron chi connectivity index (χ3n) is 3.49. The van der Waals surface area contributed by atoms with Crippen molar-refractivity contribution < 1.29 is 19.1 Å². The molecule has 1 aliphatic rings. The molecular formula is C13H18N2O4. The summed E-state index contributed by atoms with van der Waals surface area (Å²) in [5, 5.41) is 11.4. The Bertz CT molecular complexity index is 475. The Morgan fingerprint density at radius 2 is 2.00 bits per heavy atom. The highest BCUT2D eigenvalue weighted by atomic mass is 16.4. The number of carboxylic acids is 1. The van der Waals surface area contributed by atoms with E-state index in [0.29, 0.717) is 18.6 Å². The van der Waals surface area contributed by atoms with E-state index in [9.17, 15) is 9.59 Å². The average Bonchev–Trinajstić information content (AvgIpc) is 2.85. The largest absolute Gasteiger partial charge is 0.475 e. The summed E-state index contributed by atoms with van der Waals surface area (Å²) in [5.41, 5.74) is 5.29. The molecule has 0 radical (unpaired) electrons. The van der Waals surface area contributed by atoms with Crippen molar-refractivity contribution in [3.63, 3.8) is 0 Å². The fourth-order valence-corrected chi connectivity index (χ4v) is 2.34. The Hall–Kier alpha value is -1.82. The minimum Gasteiger partial charge on any atom is -0.475 e. The van der Waals surface area contributed by atoms with Crippen molar-refractivity contribution in [2.24, 2.45) is 5.73 Å². The summed E-state index contributed by atoms with van der Waals surface area (Å²) in [5.74, 6) is -1.05. The molecule has 0 spiro atoms. The molecule has 6 heteroatoms. The van der Waals surface area contributed by atoms with Gasteiger partial charge in [0.15, 0.2) is 0 Å². The predicted molar refractivity (Wildman–Crippen MR) is 67.5 cm³/mol. The number of carbonyl (C=O) groups excluding carboxylic acids is 1. The predicted octanol–water partition coefficient (Wildman–Crippen LogP) is 1.26. The van der Waals surface area contributed by atoms with E-state index in [-0.39, 0.29) is 18.2 Å². The molecule has 104 valence electrons. The van der Waals surface area contributed by atoms with Crippen LogP contribution in [0.5, 0.6) is 0 Å². The van der Waals surface area contributed by atoms with Gasteiger partial charge in [-0.1, -0.05) is 19.3 Å². The van der Waals surface area contributed by atoms with Gasteiger partial charge in [0.25, 0.3) is 0 Å². The van der Waals surface area contributed by atoms with E-state index in [1.165, 1.54) is 12.1 Å². The first-order valence-electron chi connectivity index (χ1n) is 6.40. The highest BCUT2D eigenvalue weighted by Gasteiger charge is 2.35. The van der Waals surface area contributed by atoms with Gasteiger partial charge in [0.2, 0.25) is 11.7 Å². The van der Waals surface area contributed by atoms with Crippen molar-refractivity contribution in [3.05, 3.63) is 23.7 Å². The van der Waals surface area contributed by atoms with E-state index >= 15 is 0 Å². The number of furan rings is 1. The van der Waals surface area contributed by atoms with E-state index in [0.717, 1.165) is 19.3 Å². The molecule has 1 heterocycles. The summed E-state index contributed by atoms with van der Waals surface area (Å²) in [4.78, 5) is 22.7. The lowest BCUT2D eigenvalue weighted by atomic mass is 9.82. The normalized spacial score (nSPS) is 17.9. The van der Waals surface area contributed by atoms with Crippen LogP contribution in [-0.4, -0.2) is 22.5 Å². The van der Waals surface area contributed by atoms with E-state index in [1.54, 1.807) is 0 Å². The average molecular weight is 266 g/mol. The molecule has 0 atom stereocenters. The first-order valence-corrected chi connectivity index (χ1v) is 6.40. The Labute approximate surface area is 111 Å². The van der Waals surface area contributed by atoms with Gasteiger partial charge >= 0.3 is 5.97 Å². The zero-order valence-electron chi connectivity index (χ0n) is 10.6. The van der Waals surface area contributed by atoms with E-state index in [2.05, 4.69) is 5.32 Å². The molecule has 6 nitrogen and oxygen atoms in total. The highest BCUT2D eigenvalue weighted by molar-refractivity contribution is 5.86. The Balaban J connectivity index is 1.90. The number of nitrogens with two attached hydrogens (primary N) is 1. The van der Waals surface area contributed by atoms with E-state index in [4.69, 9.17) is 15.3 Å². The van der Waals surface area contributed by atoms with Crippen LogP contribution in [0.1, 0.15) is 48.4 Å². The summed E-state index contributed by atoms with van der Waals surface area (Å²) in [6, 6.07) is 2.90. The van der Waals surface area contributed by atoms with Gasteiger partial charge in [-0.25, -0.2) is 4.79 Å². The van der Waals surface area contributed by atoms with Gasteiger partial charge in [-0.3, -0.25) is 4.79 Å². The second-order valence-corrected chi connectivity index (χ2v) is 4.97. The standard InChI is InChI=1S/C13H18N2O4/c14-13(6-2-1-3-7-13)12(18)15-8-9-4-5-10(19-9)11(16)17/h4-5H,1-3,6-8,14H2,(H,15,18)(H,16,17). The zero-order valence-corrected chi connectivity index (χ0v) is 10.6. The van der Waals surface area contributed by atoms with Crippen LogP contribution >= 0.6 is 0 Å². The van der Waals surface area contributed by atoms with Crippen LogP contribution in [0.25, 0.3) is 0 Å². The van der Waals surface area contributed by atoms with Crippen molar-refractivity contribution in [1.82, 2.24) is 5.32 Å². The smallest absolute Gasteiger partial charge is 0.371 e. The van der Waals surface area contributed by atoms with Crippen molar-refractivity contribution in [3.8, 4) is 0 Å². The van der Waals surface area contributed by atoms with Crippen LogP contribution in [0, 0.1) is 0 Å². The van der Waals surface area contributed by atoms with Gasteiger partial charge in [-0.2, -0.15) is 0 Å². The molecule has 4 N–H and O–H groups in total. The van der Waals surface area contributed by atoms with Crippen molar-refractivity contribution in [1.29, 1.82) is 0 Å². The van der Waals surface area contributed by atoms with Crippen molar-refractivity contribution in [2.75, 3.05) is 0 Å². The summed E-state index contributed by atoms with van der Waals surface area (Å²) in [6.45, 7) is 0.158. The van der Waals surface area contributed by atoms with Gasteiger partial charge in [0.05, 0.1) is 12.1 Å². The van der Waals surface area contributed by atoms with Crippen LogP contribution in [0.3, 0.4) is 0 Å². The molecule has 2 rings (SSSR count). The Morgan fingerprint density at radius 1 is 1.32 bits per heavy atom. The van der Waals surface area contributed by atoms with Crippen LogP contribution < -0.4 is 11.1 Å². The van der Waals surface area contributed by atoms with Gasteiger partial charge in [-0.15, -0.1) is 0 Å². The Kier molecular flexibility index (Phi) is 3.90. The number of hydrogen-bond acceptors (Lipinski definition) is 4. The number of amides is 1. The molecule has 1 fully saturated rings. The minimum atomic E-state index is -1.12. The number of nitrogens with one attached hydrogen (secondary N) is 1. The molecule has 0 saturated heterocycles. The van der Waals surface area contributed by atoms with Crippen LogP contribution in [0.15, 0.2) is 16.5 Å². The quantitative estimate of drug-likeness (QED) is 0.760. The zero-order chi connectivity index (χ0) is 13.9. The molecule has 0 aromatic carbocycles. The summed E-state index contributed by atoms with van der Waals surface area (Å²) in [6.07, 6.45) is 4.43. The lowest BCUT2D eigenvalue weighted by Crippen LogP contribution is -2.54. The third kappa shape index (κ3) is 3.14. The molecule has 0 bridgehead atoms. The van der Waals surface area contributed by atoms with Crippen molar-refractivity contribution in [2.45, 2.75) is 44.2 Å². The lowest BCUT2D eigenvalue weighted by molar-refractivity contribution is -0.127. The number of carbonyl (C=O) groups is 2.